The number of benzene rings is 2. The molecule has 0 amide bonds. The van der Waals surface area contributed by atoms with E-state index in [1.54, 1.807) is 10.9 Å². The van der Waals surface area contributed by atoms with Gasteiger partial charge in [-0.3, -0.25) is 0 Å². The van der Waals surface area contributed by atoms with Crippen LogP contribution < -0.4 is 4.74 Å². The van der Waals surface area contributed by atoms with Crippen LogP contribution in [0.4, 0.5) is 0 Å². The third-order valence-corrected chi connectivity index (χ3v) is 5.26. The van der Waals surface area contributed by atoms with Crippen LogP contribution in [0.15, 0.2) is 66.2 Å². The minimum atomic E-state index is -0.554. The third-order valence-electron chi connectivity index (χ3n) is 4.32. The van der Waals surface area contributed by atoms with E-state index >= 15 is 0 Å². The Morgan fingerprint density at radius 1 is 1.10 bits per heavy atom. The Labute approximate surface area is 172 Å². The molecule has 2 heterocycles. The van der Waals surface area contributed by atoms with Gasteiger partial charge in [0.15, 0.2) is 5.75 Å². The zero-order valence-corrected chi connectivity index (χ0v) is 16.8. The van der Waals surface area contributed by atoms with Gasteiger partial charge in [0.05, 0.1) is 24.7 Å². The van der Waals surface area contributed by atoms with Crippen molar-refractivity contribution in [3.05, 3.63) is 83.1 Å². The smallest absolute Gasteiger partial charge is 0.363 e. The van der Waals surface area contributed by atoms with E-state index in [0.717, 1.165) is 16.3 Å². The molecule has 0 saturated heterocycles. The first kappa shape index (κ1) is 18.9. The highest BCUT2D eigenvalue weighted by Gasteiger charge is 2.20. The lowest BCUT2D eigenvalue weighted by molar-refractivity contribution is 0.0457. The highest BCUT2D eigenvalue weighted by molar-refractivity contribution is 7.13. The predicted octanol–water partition coefficient (Wildman–Crippen LogP) is 4.67. The first-order valence-corrected chi connectivity index (χ1v) is 9.89. The molecule has 29 heavy (non-hydrogen) atoms. The van der Waals surface area contributed by atoms with Crippen molar-refractivity contribution in [3.8, 4) is 22.0 Å². The molecule has 0 unspecified atom stereocenters. The van der Waals surface area contributed by atoms with E-state index in [-0.39, 0.29) is 12.3 Å². The van der Waals surface area contributed by atoms with E-state index in [1.807, 2.05) is 66.9 Å². The molecular weight excluding hydrogens is 386 g/mol. The minimum absolute atomic E-state index is 0.0720. The Balaban J connectivity index is 1.46. The molecule has 0 spiro atoms. The SMILES string of the molecule is COc1cn(-c2ccccc2)nc1C(=O)OCc1csc(-c2ccc(C)cc2)n1. The van der Waals surface area contributed by atoms with Crippen molar-refractivity contribution < 1.29 is 14.3 Å². The van der Waals surface area contributed by atoms with Crippen molar-refractivity contribution in [1.29, 1.82) is 0 Å². The maximum absolute atomic E-state index is 12.6. The van der Waals surface area contributed by atoms with Crippen molar-refractivity contribution in [2.45, 2.75) is 13.5 Å². The van der Waals surface area contributed by atoms with Gasteiger partial charge in [-0.15, -0.1) is 11.3 Å². The van der Waals surface area contributed by atoms with Gasteiger partial charge in [-0.2, -0.15) is 5.10 Å². The van der Waals surface area contributed by atoms with Crippen molar-refractivity contribution in [3.63, 3.8) is 0 Å². The number of rotatable bonds is 6. The number of hydrogen-bond acceptors (Lipinski definition) is 6. The second-order valence-corrected chi connectivity index (χ2v) is 7.27. The van der Waals surface area contributed by atoms with E-state index in [2.05, 4.69) is 10.1 Å². The molecule has 7 heteroatoms. The fraction of sp³-hybridized carbons (Fsp3) is 0.136. The summed E-state index contributed by atoms with van der Waals surface area (Å²) >= 11 is 1.52. The van der Waals surface area contributed by atoms with Crippen molar-refractivity contribution in [1.82, 2.24) is 14.8 Å². The Morgan fingerprint density at radius 2 is 1.86 bits per heavy atom. The van der Waals surface area contributed by atoms with Crippen molar-refractivity contribution >= 4 is 17.3 Å². The summed E-state index contributed by atoms with van der Waals surface area (Å²) in [6, 6.07) is 17.7. The van der Waals surface area contributed by atoms with Crippen LogP contribution >= 0.6 is 11.3 Å². The van der Waals surface area contributed by atoms with E-state index in [0.29, 0.717) is 11.4 Å². The second-order valence-electron chi connectivity index (χ2n) is 6.41. The molecule has 146 valence electrons. The van der Waals surface area contributed by atoms with Crippen molar-refractivity contribution in [2.75, 3.05) is 7.11 Å². The fourth-order valence-corrected chi connectivity index (χ4v) is 3.58. The molecular formula is C22H19N3O3S. The van der Waals surface area contributed by atoms with Crippen LogP contribution in [0.1, 0.15) is 21.7 Å². The second kappa shape index (κ2) is 8.28. The molecule has 0 atom stereocenters. The number of hydrogen-bond donors (Lipinski definition) is 0. The molecule has 0 fully saturated rings. The zero-order valence-electron chi connectivity index (χ0n) is 16.0. The van der Waals surface area contributed by atoms with Gasteiger partial charge in [-0.1, -0.05) is 48.0 Å². The summed E-state index contributed by atoms with van der Waals surface area (Å²) < 4.78 is 12.3. The highest BCUT2D eigenvalue weighted by atomic mass is 32.1. The molecule has 0 aliphatic carbocycles. The number of aryl methyl sites for hydroxylation is 1. The number of methoxy groups -OCH3 is 1. The normalized spacial score (nSPS) is 10.7. The van der Waals surface area contributed by atoms with Crippen LogP contribution in [0.5, 0.6) is 5.75 Å². The number of esters is 1. The average molecular weight is 405 g/mol. The maximum atomic E-state index is 12.6. The number of ether oxygens (including phenoxy) is 2. The Morgan fingerprint density at radius 3 is 2.59 bits per heavy atom. The summed E-state index contributed by atoms with van der Waals surface area (Å²) in [5.41, 5.74) is 3.89. The number of nitrogens with zero attached hydrogens (tertiary/aromatic N) is 3. The summed E-state index contributed by atoms with van der Waals surface area (Å²) in [4.78, 5) is 17.1. The Bertz CT molecular complexity index is 1120. The highest BCUT2D eigenvalue weighted by Crippen LogP contribution is 2.25. The summed E-state index contributed by atoms with van der Waals surface area (Å²) in [5.74, 6) is -0.195. The van der Waals surface area contributed by atoms with Gasteiger partial charge in [-0.25, -0.2) is 14.5 Å². The van der Waals surface area contributed by atoms with Crippen LogP contribution in [-0.4, -0.2) is 27.8 Å². The standard InChI is InChI=1S/C22H19N3O3S/c1-15-8-10-16(11-9-15)21-23-17(14-29-21)13-28-22(26)20-19(27-2)12-25(24-20)18-6-4-3-5-7-18/h3-12,14H,13H2,1-2H3. The lowest BCUT2D eigenvalue weighted by Gasteiger charge is -2.02. The van der Waals surface area contributed by atoms with E-state index in [9.17, 15) is 4.79 Å². The number of carbonyl (C=O) groups is 1. The summed E-state index contributed by atoms with van der Waals surface area (Å²) in [6.45, 7) is 2.12. The van der Waals surface area contributed by atoms with Crippen LogP contribution in [0.2, 0.25) is 0 Å². The maximum Gasteiger partial charge on any atom is 0.363 e. The topological polar surface area (TPSA) is 66.2 Å². The molecule has 0 aliphatic heterocycles. The molecule has 4 aromatic rings. The fourth-order valence-electron chi connectivity index (χ4n) is 2.77. The van der Waals surface area contributed by atoms with Crippen LogP contribution in [-0.2, 0) is 11.3 Å². The number of thiazole rings is 1. The van der Waals surface area contributed by atoms with Gasteiger partial charge in [-0.05, 0) is 19.1 Å². The molecule has 2 aromatic carbocycles. The molecule has 2 aromatic heterocycles. The lowest BCUT2D eigenvalue weighted by atomic mass is 10.2. The largest absolute Gasteiger partial charge is 0.493 e. The van der Waals surface area contributed by atoms with Crippen LogP contribution in [0.3, 0.4) is 0 Å². The first-order valence-electron chi connectivity index (χ1n) is 9.01. The predicted molar refractivity (Wildman–Crippen MR) is 112 cm³/mol. The molecule has 0 bridgehead atoms. The number of para-hydroxylation sites is 1. The van der Waals surface area contributed by atoms with E-state index < -0.39 is 5.97 Å². The number of carbonyl (C=O) groups excluding carboxylic acids is 1. The van der Waals surface area contributed by atoms with Gasteiger partial charge >= 0.3 is 5.97 Å². The third kappa shape index (κ3) is 4.20. The van der Waals surface area contributed by atoms with Gasteiger partial charge < -0.3 is 9.47 Å². The average Bonchev–Trinajstić information content (AvgIpc) is 3.40. The van der Waals surface area contributed by atoms with Gasteiger partial charge in [0.2, 0.25) is 5.69 Å². The Hall–Kier alpha value is -3.45. The minimum Gasteiger partial charge on any atom is -0.493 e. The quantitative estimate of drug-likeness (QED) is 0.436. The van der Waals surface area contributed by atoms with Crippen LogP contribution in [0, 0.1) is 6.92 Å². The van der Waals surface area contributed by atoms with Gasteiger partial charge in [0.25, 0.3) is 0 Å². The first-order chi connectivity index (χ1) is 14.1. The van der Waals surface area contributed by atoms with Crippen LogP contribution in [0.25, 0.3) is 16.3 Å². The molecule has 4 rings (SSSR count). The monoisotopic (exact) mass is 405 g/mol. The zero-order chi connectivity index (χ0) is 20.2. The molecule has 0 aliphatic rings. The van der Waals surface area contributed by atoms with E-state index in [4.69, 9.17) is 9.47 Å². The number of aromatic nitrogens is 3. The molecule has 0 radical (unpaired) electrons. The summed E-state index contributed by atoms with van der Waals surface area (Å²) in [7, 11) is 1.50. The van der Waals surface area contributed by atoms with Gasteiger partial charge in [0, 0.05) is 10.9 Å². The molecule has 0 saturated carbocycles. The molecule has 6 nitrogen and oxygen atoms in total. The lowest BCUT2D eigenvalue weighted by Crippen LogP contribution is -2.08. The Kier molecular flexibility index (Phi) is 5.39. The van der Waals surface area contributed by atoms with E-state index in [1.165, 1.54) is 24.0 Å². The molecule has 0 N–H and O–H groups in total. The summed E-state index contributed by atoms with van der Waals surface area (Å²) in [6.07, 6.45) is 1.66. The van der Waals surface area contributed by atoms with Crippen molar-refractivity contribution in [2.24, 2.45) is 0 Å². The van der Waals surface area contributed by atoms with Gasteiger partial charge in [0.1, 0.15) is 11.6 Å². The summed E-state index contributed by atoms with van der Waals surface area (Å²) in [5, 5.41) is 7.11.